The second-order valence-electron chi connectivity index (χ2n) is 5.10. The Labute approximate surface area is 122 Å². The fraction of sp³-hybridized carbons (Fsp3) is 0.176. The summed E-state index contributed by atoms with van der Waals surface area (Å²) in [6, 6.07) is 14.1. The Morgan fingerprint density at radius 1 is 1.19 bits per heavy atom. The number of pyridine rings is 1. The Hall–Kier alpha value is -2.62. The van der Waals surface area contributed by atoms with Crippen LogP contribution in [0.3, 0.4) is 0 Å². The van der Waals surface area contributed by atoms with E-state index in [-0.39, 0.29) is 6.42 Å². The van der Waals surface area contributed by atoms with Gasteiger partial charge in [-0.3, -0.25) is 9.20 Å². The molecule has 2 aromatic heterocycles. The van der Waals surface area contributed by atoms with E-state index in [4.69, 9.17) is 5.11 Å². The van der Waals surface area contributed by atoms with E-state index in [2.05, 4.69) is 17.1 Å². The highest BCUT2D eigenvalue weighted by atomic mass is 16.4. The van der Waals surface area contributed by atoms with Crippen LogP contribution in [0.25, 0.3) is 16.9 Å². The van der Waals surface area contributed by atoms with Gasteiger partial charge in [-0.15, -0.1) is 0 Å². The van der Waals surface area contributed by atoms with Gasteiger partial charge < -0.3 is 5.11 Å². The van der Waals surface area contributed by atoms with Crippen molar-refractivity contribution in [3.63, 3.8) is 0 Å². The molecule has 2 heterocycles. The molecule has 4 nitrogen and oxygen atoms in total. The van der Waals surface area contributed by atoms with E-state index in [9.17, 15) is 4.79 Å². The van der Waals surface area contributed by atoms with E-state index in [1.165, 1.54) is 5.56 Å². The largest absolute Gasteiger partial charge is 0.481 e. The van der Waals surface area contributed by atoms with Crippen LogP contribution in [-0.2, 0) is 11.2 Å². The number of aromatic nitrogens is 2. The molecule has 0 saturated heterocycles. The van der Waals surface area contributed by atoms with Crippen molar-refractivity contribution in [3.8, 4) is 11.4 Å². The number of aryl methyl sites for hydroxylation is 2. The van der Waals surface area contributed by atoms with Gasteiger partial charge in [0.2, 0.25) is 0 Å². The zero-order valence-electron chi connectivity index (χ0n) is 11.8. The Bertz CT molecular complexity index is 788. The summed E-state index contributed by atoms with van der Waals surface area (Å²) in [5, 5.41) is 8.87. The van der Waals surface area contributed by atoms with Crippen LogP contribution in [0.15, 0.2) is 48.7 Å². The first-order valence-electron chi connectivity index (χ1n) is 6.90. The second-order valence-corrected chi connectivity index (χ2v) is 5.10. The molecule has 0 radical (unpaired) electrons. The molecular weight excluding hydrogens is 264 g/mol. The fourth-order valence-corrected chi connectivity index (χ4v) is 2.42. The molecule has 0 aliphatic rings. The Morgan fingerprint density at radius 2 is 1.95 bits per heavy atom. The van der Waals surface area contributed by atoms with Crippen molar-refractivity contribution < 1.29 is 9.90 Å². The number of hydrogen-bond donors (Lipinski definition) is 1. The molecule has 0 amide bonds. The second kappa shape index (κ2) is 5.40. The molecule has 0 atom stereocenters. The van der Waals surface area contributed by atoms with Crippen LogP contribution in [0.5, 0.6) is 0 Å². The molecule has 106 valence electrons. The molecule has 0 aliphatic heterocycles. The van der Waals surface area contributed by atoms with Crippen LogP contribution in [0.2, 0.25) is 0 Å². The van der Waals surface area contributed by atoms with Crippen molar-refractivity contribution >= 4 is 11.5 Å². The van der Waals surface area contributed by atoms with Gasteiger partial charge >= 0.3 is 5.97 Å². The number of carboxylic acid groups (broad SMARTS) is 1. The monoisotopic (exact) mass is 280 g/mol. The molecule has 0 saturated carbocycles. The van der Waals surface area contributed by atoms with Crippen molar-refractivity contribution in [2.45, 2.75) is 19.8 Å². The number of carboxylic acids is 1. The number of aliphatic carboxylic acids is 1. The van der Waals surface area contributed by atoms with Crippen molar-refractivity contribution in [1.29, 1.82) is 0 Å². The van der Waals surface area contributed by atoms with Gasteiger partial charge in [-0.1, -0.05) is 35.9 Å². The Kier molecular flexibility index (Phi) is 3.44. The molecule has 0 unspecified atom stereocenters. The third-order valence-electron chi connectivity index (χ3n) is 3.51. The predicted molar refractivity (Wildman–Crippen MR) is 81.3 cm³/mol. The molecule has 0 spiro atoms. The molecule has 4 heteroatoms. The summed E-state index contributed by atoms with van der Waals surface area (Å²) in [6.07, 6.45) is 2.49. The summed E-state index contributed by atoms with van der Waals surface area (Å²) >= 11 is 0. The summed E-state index contributed by atoms with van der Waals surface area (Å²) in [6.45, 7) is 2.05. The maximum atomic E-state index is 10.8. The Balaban J connectivity index is 2.10. The summed E-state index contributed by atoms with van der Waals surface area (Å²) < 4.78 is 2.02. The Morgan fingerprint density at radius 3 is 2.67 bits per heavy atom. The van der Waals surface area contributed by atoms with E-state index < -0.39 is 5.97 Å². The van der Waals surface area contributed by atoms with Gasteiger partial charge in [0.25, 0.3) is 0 Å². The minimum atomic E-state index is -0.802. The summed E-state index contributed by atoms with van der Waals surface area (Å²) in [7, 11) is 0. The van der Waals surface area contributed by atoms with E-state index in [0.717, 1.165) is 22.6 Å². The van der Waals surface area contributed by atoms with Crippen LogP contribution >= 0.6 is 0 Å². The maximum Gasteiger partial charge on any atom is 0.303 e. The molecule has 0 bridgehead atoms. The lowest BCUT2D eigenvalue weighted by Gasteiger charge is -2.01. The van der Waals surface area contributed by atoms with Crippen molar-refractivity contribution in [1.82, 2.24) is 9.38 Å². The summed E-state index contributed by atoms with van der Waals surface area (Å²) in [5.41, 5.74) is 4.02. The summed E-state index contributed by atoms with van der Waals surface area (Å²) in [5.74, 6) is 0.0509. The van der Waals surface area contributed by atoms with Crippen LogP contribution < -0.4 is 0 Å². The van der Waals surface area contributed by atoms with Gasteiger partial charge in [0.1, 0.15) is 5.82 Å². The standard InChI is InChI=1S/C17H16N2O2/c1-12-5-7-13(8-6-12)17-18-14(9-10-16(20)21)15-4-2-3-11-19(15)17/h2-8,11H,9-10H2,1H3,(H,20,21). The highest BCUT2D eigenvalue weighted by molar-refractivity contribution is 5.69. The van der Waals surface area contributed by atoms with Crippen molar-refractivity contribution in [3.05, 3.63) is 59.9 Å². The fourth-order valence-electron chi connectivity index (χ4n) is 2.42. The van der Waals surface area contributed by atoms with E-state index >= 15 is 0 Å². The molecule has 3 aromatic rings. The number of carbonyl (C=O) groups is 1. The minimum Gasteiger partial charge on any atom is -0.481 e. The molecule has 1 N–H and O–H groups in total. The number of nitrogens with zero attached hydrogens (tertiary/aromatic N) is 2. The molecule has 21 heavy (non-hydrogen) atoms. The zero-order valence-corrected chi connectivity index (χ0v) is 11.8. The SMILES string of the molecule is Cc1ccc(-c2nc(CCC(=O)O)c3ccccn23)cc1. The van der Waals surface area contributed by atoms with Gasteiger partial charge in [-0.25, -0.2) is 4.98 Å². The van der Waals surface area contributed by atoms with Gasteiger partial charge in [0.05, 0.1) is 17.6 Å². The first-order chi connectivity index (χ1) is 10.1. The quantitative estimate of drug-likeness (QED) is 0.797. The zero-order chi connectivity index (χ0) is 14.8. The average Bonchev–Trinajstić information content (AvgIpc) is 2.85. The normalized spacial score (nSPS) is 10.9. The van der Waals surface area contributed by atoms with Gasteiger partial charge in [-0.05, 0) is 19.1 Å². The highest BCUT2D eigenvalue weighted by Gasteiger charge is 2.13. The van der Waals surface area contributed by atoms with E-state index in [0.29, 0.717) is 6.42 Å². The average molecular weight is 280 g/mol. The maximum absolute atomic E-state index is 10.8. The summed E-state index contributed by atoms with van der Waals surface area (Å²) in [4.78, 5) is 15.4. The first-order valence-corrected chi connectivity index (χ1v) is 6.90. The van der Waals surface area contributed by atoms with E-state index in [1.807, 2.05) is 47.9 Å². The lowest BCUT2D eigenvalue weighted by Crippen LogP contribution is -1.98. The van der Waals surface area contributed by atoms with Crippen LogP contribution in [0, 0.1) is 6.92 Å². The molecular formula is C17H16N2O2. The number of benzene rings is 1. The predicted octanol–water partition coefficient (Wildman–Crippen LogP) is 3.33. The smallest absolute Gasteiger partial charge is 0.303 e. The number of hydrogen-bond acceptors (Lipinski definition) is 2. The number of fused-ring (bicyclic) bond motifs is 1. The first kappa shape index (κ1) is 13.4. The molecule has 3 rings (SSSR count). The number of imidazole rings is 1. The van der Waals surface area contributed by atoms with Crippen LogP contribution in [0.4, 0.5) is 0 Å². The minimum absolute atomic E-state index is 0.0922. The number of rotatable bonds is 4. The highest BCUT2D eigenvalue weighted by Crippen LogP contribution is 2.23. The molecule has 0 aliphatic carbocycles. The molecule has 1 aromatic carbocycles. The van der Waals surface area contributed by atoms with Crippen molar-refractivity contribution in [2.24, 2.45) is 0 Å². The van der Waals surface area contributed by atoms with E-state index in [1.54, 1.807) is 0 Å². The lowest BCUT2D eigenvalue weighted by atomic mass is 10.1. The van der Waals surface area contributed by atoms with Gasteiger partial charge in [-0.2, -0.15) is 0 Å². The van der Waals surface area contributed by atoms with Gasteiger partial charge in [0.15, 0.2) is 0 Å². The van der Waals surface area contributed by atoms with Crippen LogP contribution in [0.1, 0.15) is 17.7 Å². The molecule has 0 fully saturated rings. The van der Waals surface area contributed by atoms with Crippen LogP contribution in [-0.4, -0.2) is 20.5 Å². The third kappa shape index (κ3) is 2.65. The van der Waals surface area contributed by atoms with Gasteiger partial charge in [0, 0.05) is 18.2 Å². The lowest BCUT2D eigenvalue weighted by molar-refractivity contribution is -0.136. The van der Waals surface area contributed by atoms with Crippen molar-refractivity contribution in [2.75, 3.05) is 0 Å². The third-order valence-corrected chi connectivity index (χ3v) is 3.51. The topological polar surface area (TPSA) is 54.6 Å².